The molecule has 0 bridgehead atoms. The molecule has 10 nitrogen and oxygen atoms in total. The molecule has 0 spiro atoms. The van der Waals surface area contributed by atoms with Gasteiger partial charge in [-0.15, -0.1) is 46.4 Å². The van der Waals surface area contributed by atoms with Crippen molar-refractivity contribution in [2.45, 2.75) is 50.1 Å². The molecule has 0 radical (unpaired) electrons. The molecule has 2 aromatic rings. The monoisotopic (exact) mass is 708 g/mol. The Morgan fingerprint density at radius 2 is 1.07 bits per heavy atom. The summed E-state index contributed by atoms with van der Waals surface area (Å²) in [5, 5.41) is 51.9. The van der Waals surface area contributed by atoms with Crippen LogP contribution in [0.3, 0.4) is 0 Å². The summed E-state index contributed by atoms with van der Waals surface area (Å²) in [6, 6.07) is 15.9. The molecule has 4 unspecified atom stereocenters. The summed E-state index contributed by atoms with van der Waals surface area (Å²) in [4.78, 5) is 19.5. The van der Waals surface area contributed by atoms with Crippen LogP contribution in [-0.2, 0) is 17.9 Å². The fourth-order valence-corrected chi connectivity index (χ4v) is 6.52. The van der Waals surface area contributed by atoms with Crippen LogP contribution in [0.15, 0.2) is 48.5 Å². The van der Waals surface area contributed by atoms with Crippen molar-refractivity contribution in [3.63, 3.8) is 0 Å². The maximum atomic E-state index is 11.4. The third-order valence-electron chi connectivity index (χ3n) is 8.01. The molecule has 14 heteroatoms. The van der Waals surface area contributed by atoms with Crippen LogP contribution in [-0.4, -0.2) is 135 Å². The van der Waals surface area contributed by atoms with Crippen LogP contribution in [0.2, 0.25) is 0 Å². The number of carboxylic acids is 1. The van der Waals surface area contributed by atoms with Gasteiger partial charge in [0.25, 0.3) is 0 Å². The number of rotatable bonds is 19. The first-order chi connectivity index (χ1) is 21.6. The minimum Gasteiger partial charge on any atom is -0.479 e. The van der Waals surface area contributed by atoms with Crippen LogP contribution in [0.5, 0.6) is 0 Å². The SMILES string of the molecule is O=C(O)C(O)C(O)C(O)C(O)C1N(Cc2ccc(N(CCCl)CCCl)cc2)CCCN1Cc1ccc(N(CCCl)CCCl)cc1. The number of aliphatic hydroxyl groups is 4. The highest BCUT2D eigenvalue weighted by molar-refractivity contribution is 6.19. The fourth-order valence-electron chi connectivity index (χ4n) is 5.70. The zero-order valence-electron chi connectivity index (χ0n) is 25.1. The van der Waals surface area contributed by atoms with Crippen molar-refractivity contribution < 1.29 is 30.3 Å². The molecule has 5 N–H and O–H groups in total. The summed E-state index contributed by atoms with van der Waals surface area (Å²) in [5.74, 6) is 0.173. The fraction of sp³-hybridized carbons (Fsp3) is 0.581. The average Bonchev–Trinajstić information content (AvgIpc) is 3.04. The lowest BCUT2D eigenvalue weighted by Crippen LogP contribution is -2.63. The molecule has 1 heterocycles. The second-order valence-corrected chi connectivity index (χ2v) is 12.5. The van der Waals surface area contributed by atoms with Gasteiger partial charge in [0, 0.05) is 87.3 Å². The highest BCUT2D eigenvalue weighted by Crippen LogP contribution is 2.27. The molecule has 0 amide bonds. The maximum absolute atomic E-state index is 11.4. The molecule has 0 aliphatic carbocycles. The van der Waals surface area contributed by atoms with E-state index in [-0.39, 0.29) is 0 Å². The smallest absolute Gasteiger partial charge is 0.335 e. The van der Waals surface area contributed by atoms with E-state index < -0.39 is 36.6 Å². The van der Waals surface area contributed by atoms with Crippen molar-refractivity contribution in [3.8, 4) is 0 Å². The summed E-state index contributed by atoms with van der Waals surface area (Å²) in [7, 11) is 0. The van der Waals surface area contributed by atoms with E-state index in [1.54, 1.807) is 0 Å². The molecular formula is C31H44Cl4N4O6. The van der Waals surface area contributed by atoms with Gasteiger partial charge in [0.1, 0.15) is 18.3 Å². The van der Waals surface area contributed by atoms with Gasteiger partial charge in [-0.2, -0.15) is 0 Å². The van der Waals surface area contributed by atoms with Crippen molar-refractivity contribution in [2.75, 3.05) is 72.6 Å². The lowest BCUT2D eigenvalue weighted by molar-refractivity contribution is -0.176. The standard InChI is InChI=1S/C31H44Cl4N4O6/c32-10-16-36(17-11-33)24-6-2-22(3-7-24)20-38-14-1-15-39(30(38)28(42)26(40)27(41)29(43)31(44)45)21-23-4-8-25(9-5-23)37(18-12-34)19-13-35/h2-9,26-30,40-43H,1,10-21H2,(H,44,45). The zero-order chi connectivity index (χ0) is 32.9. The Bertz CT molecular complexity index is 1070. The Labute approximate surface area is 285 Å². The van der Waals surface area contributed by atoms with Crippen LogP contribution in [0, 0.1) is 0 Å². The van der Waals surface area contributed by atoms with E-state index in [0.717, 1.165) is 28.9 Å². The number of hydrogen-bond donors (Lipinski definition) is 5. The van der Waals surface area contributed by atoms with Crippen molar-refractivity contribution in [2.24, 2.45) is 0 Å². The lowest BCUT2D eigenvalue weighted by Gasteiger charge is -2.47. The van der Waals surface area contributed by atoms with Crippen molar-refractivity contribution in [1.29, 1.82) is 0 Å². The van der Waals surface area contributed by atoms with Crippen LogP contribution in [0.25, 0.3) is 0 Å². The van der Waals surface area contributed by atoms with E-state index in [9.17, 15) is 30.3 Å². The van der Waals surface area contributed by atoms with Crippen molar-refractivity contribution in [1.82, 2.24) is 9.80 Å². The highest BCUT2D eigenvalue weighted by Gasteiger charge is 2.43. The van der Waals surface area contributed by atoms with Crippen LogP contribution in [0.1, 0.15) is 17.5 Å². The van der Waals surface area contributed by atoms with Gasteiger partial charge < -0.3 is 35.3 Å². The molecule has 252 valence electrons. The Morgan fingerprint density at radius 3 is 1.40 bits per heavy atom. The molecular weight excluding hydrogens is 666 g/mol. The van der Waals surface area contributed by atoms with Crippen LogP contribution < -0.4 is 9.80 Å². The Kier molecular flexibility index (Phi) is 16.2. The van der Waals surface area contributed by atoms with Gasteiger partial charge in [-0.25, -0.2) is 4.79 Å². The quantitative estimate of drug-likeness (QED) is 0.139. The van der Waals surface area contributed by atoms with E-state index in [1.165, 1.54) is 0 Å². The molecule has 1 aliphatic rings. The Balaban J connectivity index is 1.87. The molecule has 3 rings (SSSR count). The lowest BCUT2D eigenvalue weighted by atomic mass is 9.97. The molecule has 2 aromatic carbocycles. The number of nitrogens with zero attached hydrogens (tertiary/aromatic N) is 4. The van der Waals surface area contributed by atoms with E-state index in [0.29, 0.717) is 75.9 Å². The van der Waals surface area contributed by atoms with Crippen LogP contribution in [0.4, 0.5) is 11.4 Å². The molecule has 1 fully saturated rings. The minimum absolute atomic E-state index is 0.415. The third-order valence-corrected chi connectivity index (χ3v) is 8.69. The number of aliphatic hydroxyl groups excluding tert-OH is 4. The summed E-state index contributed by atoms with van der Waals surface area (Å²) < 4.78 is 0. The number of aliphatic carboxylic acids is 1. The highest BCUT2D eigenvalue weighted by atomic mass is 35.5. The minimum atomic E-state index is -2.26. The maximum Gasteiger partial charge on any atom is 0.335 e. The normalized spacial score (nSPS) is 17.5. The van der Waals surface area contributed by atoms with Gasteiger partial charge >= 0.3 is 5.97 Å². The summed E-state index contributed by atoms with van der Waals surface area (Å²) in [5.41, 5.74) is 3.88. The molecule has 1 aliphatic heterocycles. The largest absolute Gasteiger partial charge is 0.479 e. The van der Waals surface area contributed by atoms with Crippen molar-refractivity contribution in [3.05, 3.63) is 59.7 Å². The van der Waals surface area contributed by atoms with Crippen LogP contribution >= 0.6 is 46.4 Å². The molecule has 1 saturated heterocycles. The van der Waals surface area contributed by atoms with Gasteiger partial charge in [0.15, 0.2) is 6.10 Å². The van der Waals surface area contributed by atoms with Gasteiger partial charge in [-0.3, -0.25) is 9.80 Å². The van der Waals surface area contributed by atoms with Crippen molar-refractivity contribution >= 4 is 63.7 Å². The topological polar surface area (TPSA) is 131 Å². The average molecular weight is 711 g/mol. The van der Waals surface area contributed by atoms with Gasteiger partial charge in [-0.05, 0) is 41.8 Å². The predicted molar refractivity (Wildman–Crippen MR) is 181 cm³/mol. The van der Waals surface area contributed by atoms with Gasteiger partial charge in [0.05, 0.1) is 6.17 Å². The third kappa shape index (κ3) is 10.7. The second kappa shape index (κ2) is 19.3. The number of anilines is 2. The predicted octanol–water partition coefficient (Wildman–Crippen LogP) is 2.82. The molecule has 45 heavy (non-hydrogen) atoms. The molecule has 0 aromatic heterocycles. The van der Waals surface area contributed by atoms with E-state index in [2.05, 4.69) is 9.80 Å². The second-order valence-electron chi connectivity index (χ2n) is 11.0. The number of carbonyl (C=O) groups is 1. The summed E-state index contributed by atoms with van der Waals surface area (Å²) in [6.07, 6.45) is -7.89. The van der Waals surface area contributed by atoms with E-state index in [4.69, 9.17) is 46.4 Å². The number of benzene rings is 2. The molecule has 0 saturated carbocycles. The van der Waals surface area contributed by atoms with E-state index >= 15 is 0 Å². The summed E-state index contributed by atoms with van der Waals surface area (Å²) in [6.45, 7) is 4.62. The Morgan fingerprint density at radius 1 is 0.689 bits per heavy atom. The van der Waals surface area contributed by atoms with Gasteiger partial charge in [0.2, 0.25) is 0 Å². The number of halogens is 4. The number of carboxylic acid groups (broad SMARTS) is 1. The first-order valence-electron chi connectivity index (χ1n) is 15.0. The first kappa shape index (κ1) is 37.9. The summed E-state index contributed by atoms with van der Waals surface area (Å²) >= 11 is 23.9. The number of hydrogen-bond acceptors (Lipinski definition) is 9. The zero-order valence-corrected chi connectivity index (χ0v) is 28.2. The van der Waals surface area contributed by atoms with E-state index in [1.807, 2.05) is 58.3 Å². The molecule has 4 atom stereocenters. The number of alkyl halides is 4. The first-order valence-corrected chi connectivity index (χ1v) is 17.1. The van der Waals surface area contributed by atoms with Gasteiger partial charge in [-0.1, -0.05) is 24.3 Å². The Hall–Kier alpha value is -1.57.